The lowest BCUT2D eigenvalue weighted by Gasteiger charge is -2.13. The van der Waals surface area contributed by atoms with Crippen molar-refractivity contribution >= 4 is 10.9 Å². The van der Waals surface area contributed by atoms with Crippen molar-refractivity contribution in [3.63, 3.8) is 0 Å². The van der Waals surface area contributed by atoms with E-state index in [1.54, 1.807) is 0 Å². The van der Waals surface area contributed by atoms with Crippen LogP contribution in [0.4, 0.5) is 0 Å². The van der Waals surface area contributed by atoms with E-state index in [-0.39, 0.29) is 0 Å². The molecule has 0 bridgehead atoms. The van der Waals surface area contributed by atoms with Crippen LogP contribution in [0, 0.1) is 0 Å². The molecule has 0 spiro atoms. The van der Waals surface area contributed by atoms with Crippen LogP contribution in [0.25, 0.3) is 10.9 Å². The lowest BCUT2D eigenvalue weighted by atomic mass is 10.1. The van der Waals surface area contributed by atoms with Crippen molar-refractivity contribution in [2.24, 2.45) is 0 Å². The van der Waals surface area contributed by atoms with E-state index in [0.717, 1.165) is 37.4 Å². The second-order valence-electron chi connectivity index (χ2n) is 6.35. The second kappa shape index (κ2) is 9.30. The number of hydrogen-bond donors (Lipinski definition) is 2. The molecule has 0 fully saturated rings. The van der Waals surface area contributed by atoms with E-state index in [4.69, 9.17) is 9.47 Å². The highest BCUT2D eigenvalue weighted by molar-refractivity contribution is 5.83. The fraction of sp³-hybridized carbons (Fsp3) is 0.364. The van der Waals surface area contributed by atoms with E-state index >= 15 is 0 Å². The SMILES string of the molecule is CCCOc1ccc(CNCCc2c[nH]c3ccccc23)cc1OCC. The molecular formula is C22H28N2O2. The Hall–Kier alpha value is -2.46. The van der Waals surface area contributed by atoms with Crippen LogP contribution in [0.3, 0.4) is 0 Å². The minimum atomic E-state index is 0.639. The van der Waals surface area contributed by atoms with Crippen molar-refractivity contribution in [1.29, 1.82) is 0 Å². The third-order valence-electron chi connectivity index (χ3n) is 4.34. The van der Waals surface area contributed by atoms with Gasteiger partial charge in [0.2, 0.25) is 0 Å². The van der Waals surface area contributed by atoms with Crippen LogP contribution in [0.2, 0.25) is 0 Å². The number of para-hydroxylation sites is 1. The van der Waals surface area contributed by atoms with Gasteiger partial charge in [-0.2, -0.15) is 0 Å². The van der Waals surface area contributed by atoms with Gasteiger partial charge in [0.15, 0.2) is 11.5 Å². The van der Waals surface area contributed by atoms with Gasteiger partial charge in [-0.25, -0.2) is 0 Å². The molecule has 0 amide bonds. The van der Waals surface area contributed by atoms with Crippen LogP contribution in [0.15, 0.2) is 48.7 Å². The zero-order valence-corrected chi connectivity index (χ0v) is 15.7. The minimum Gasteiger partial charge on any atom is -0.490 e. The maximum absolute atomic E-state index is 5.76. The number of rotatable bonds is 10. The lowest BCUT2D eigenvalue weighted by Crippen LogP contribution is -2.16. The molecule has 3 aromatic rings. The first-order valence-electron chi connectivity index (χ1n) is 9.46. The molecule has 138 valence electrons. The van der Waals surface area contributed by atoms with Crippen molar-refractivity contribution in [2.45, 2.75) is 33.2 Å². The van der Waals surface area contributed by atoms with E-state index in [0.29, 0.717) is 13.2 Å². The van der Waals surface area contributed by atoms with Crippen LogP contribution in [0.5, 0.6) is 11.5 Å². The number of aromatic nitrogens is 1. The van der Waals surface area contributed by atoms with Crippen molar-refractivity contribution in [3.8, 4) is 11.5 Å². The highest BCUT2D eigenvalue weighted by Gasteiger charge is 2.07. The summed E-state index contributed by atoms with van der Waals surface area (Å²) in [5.74, 6) is 1.66. The smallest absolute Gasteiger partial charge is 0.161 e. The molecule has 4 heteroatoms. The van der Waals surface area contributed by atoms with Crippen LogP contribution in [-0.2, 0) is 13.0 Å². The van der Waals surface area contributed by atoms with Crippen molar-refractivity contribution < 1.29 is 9.47 Å². The number of H-pyrrole nitrogens is 1. The average molecular weight is 352 g/mol. The van der Waals surface area contributed by atoms with E-state index in [1.807, 2.05) is 13.0 Å². The molecule has 0 aliphatic rings. The van der Waals surface area contributed by atoms with Gasteiger partial charge in [0.25, 0.3) is 0 Å². The Bertz CT molecular complexity index is 826. The highest BCUT2D eigenvalue weighted by atomic mass is 16.5. The predicted molar refractivity (Wildman–Crippen MR) is 107 cm³/mol. The second-order valence-corrected chi connectivity index (χ2v) is 6.35. The summed E-state index contributed by atoms with van der Waals surface area (Å²) in [5, 5.41) is 4.84. The summed E-state index contributed by atoms with van der Waals surface area (Å²) in [4.78, 5) is 3.33. The molecule has 1 aromatic heterocycles. The topological polar surface area (TPSA) is 46.3 Å². The summed E-state index contributed by atoms with van der Waals surface area (Å²) in [6.07, 6.45) is 4.10. The highest BCUT2D eigenvalue weighted by Crippen LogP contribution is 2.28. The third kappa shape index (κ3) is 4.58. The van der Waals surface area contributed by atoms with Gasteiger partial charge in [-0.3, -0.25) is 0 Å². The summed E-state index contributed by atoms with van der Waals surface area (Å²) < 4.78 is 11.5. The zero-order valence-electron chi connectivity index (χ0n) is 15.7. The fourth-order valence-electron chi connectivity index (χ4n) is 3.06. The molecule has 0 radical (unpaired) electrons. The first-order chi connectivity index (χ1) is 12.8. The Kier molecular flexibility index (Phi) is 6.56. The maximum Gasteiger partial charge on any atom is 0.161 e. The van der Waals surface area contributed by atoms with Crippen LogP contribution < -0.4 is 14.8 Å². The molecule has 2 aromatic carbocycles. The molecule has 0 saturated carbocycles. The Morgan fingerprint density at radius 3 is 2.73 bits per heavy atom. The molecule has 0 unspecified atom stereocenters. The average Bonchev–Trinajstić information content (AvgIpc) is 3.08. The molecule has 26 heavy (non-hydrogen) atoms. The standard InChI is InChI=1S/C22H28N2O2/c1-3-13-26-21-10-9-17(14-22(21)25-4-2)15-23-12-11-18-16-24-20-8-6-5-7-19(18)20/h5-10,14,16,23-24H,3-4,11-13,15H2,1-2H3. The quantitative estimate of drug-likeness (QED) is 0.521. The molecule has 0 aliphatic carbocycles. The normalized spacial score (nSPS) is 11.0. The maximum atomic E-state index is 5.76. The van der Waals surface area contributed by atoms with Crippen molar-refractivity contribution in [3.05, 3.63) is 59.8 Å². The molecular weight excluding hydrogens is 324 g/mol. The van der Waals surface area contributed by atoms with Crippen molar-refractivity contribution in [2.75, 3.05) is 19.8 Å². The predicted octanol–water partition coefficient (Wildman–Crippen LogP) is 4.69. The number of hydrogen-bond acceptors (Lipinski definition) is 3. The van der Waals surface area contributed by atoms with Gasteiger partial charge < -0.3 is 19.8 Å². The first-order valence-corrected chi connectivity index (χ1v) is 9.46. The fourth-order valence-corrected chi connectivity index (χ4v) is 3.06. The van der Waals surface area contributed by atoms with Crippen LogP contribution in [0.1, 0.15) is 31.4 Å². The molecule has 0 saturated heterocycles. The zero-order chi connectivity index (χ0) is 18.2. The Morgan fingerprint density at radius 2 is 1.88 bits per heavy atom. The van der Waals surface area contributed by atoms with Gasteiger partial charge in [-0.05, 0) is 55.6 Å². The summed E-state index contributed by atoms with van der Waals surface area (Å²) >= 11 is 0. The minimum absolute atomic E-state index is 0.639. The van der Waals surface area contributed by atoms with E-state index in [1.165, 1.54) is 22.0 Å². The Labute approximate surface area is 155 Å². The van der Waals surface area contributed by atoms with Gasteiger partial charge in [0.05, 0.1) is 13.2 Å². The number of fused-ring (bicyclic) bond motifs is 1. The first kappa shape index (κ1) is 18.3. The van der Waals surface area contributed by atoms with Gasteiger partial charge in [-0.15, -0.1) is 0 Å². The third-order valence-corrected chi connectivity index (χ3v) is 4.34. The van der Waals surface area contributed by atoms with E-state index in [2.05, 4.69) is 59.8 Å². The largest absolute Gasteiger partial charge is 0.490 e. The number of aromatic amines is 1. The van der Waals surface area contributed by atoms with Gasteiger partial charge in [0.1, 0.15) is 0 Å². The van der Waals surface area contributed by atoms with Gasteiger partial charge in [-0.1, -0.05) is 31.2 Å². The molecule has 1 heterocycles. The van der Waals surface area contributed by atoms with Crippen LogP contribution >= 0.6 is 0 Å². The Morgan fingerprint density at radius 1 is 1.00 bits per heavy atom. The van der Waals surface area contributed by atoms with Crippen molar-refractivity contribution in [1.82, 2.24) is 10.3 Å². The van der Waals surface area contributed by atoms with Gasteiger partial charge >= 0.3 is 0 Å². The summed E-state index contributed by atoms with van der Waals surface area (Å²) in [6.45, 7) is 7.20. The Balaban J connectivity index is 1.54. The molecule has 2 N–H and O–H groups in total. The number of ether oxygens (including phenoxy) is 2. The molecule has 0 aliphatic heterocycles. The van der Waals surface area contributed by atoms with Crippen LogP contribution in [-0.4, -0.2) is 24.7 Å². The monoisotopic (exact) mass is 352 g/mol. The molecule has 4 nitrogen and oxygen atoms in total. The summed E-state index contributed by atoms with van der Waals surface area (Å²) in [6, 6.07) is 14.6. The number of nitrogens with one attached hydrogen (secondary N) is 2. The molecule has 3 rings (SSSR count). The van der Waals surface area contributed by atoms with Gasteiger partial charge in [0, 0.05) is 23.6 Å². The van der Waals surface area contributed by atoms with E-state index < -0.39 is 0 Å². The number of benzene rings is 2. The molecule has 0 atom stereocenters. The lowest BCUT2D eigenvalue weighted by molar-refractivity contribution is 0.276. The summed E-state index contributed by atoms with van der Waals surface area (Å²) in [7, 11) is 0. The van der Waals surface area contributed by atoms with E-state index in [9.17, 15) is 0 Å². The summed E-state index contributed by atoms with van der Waals surface area (Å²) in [5.41, 5.74) is 3.76.